The lowest BCUT2D eigenvalue weighted by Crippen LogP contribution is -2.52. The number of carboxylic acids is 1. The SMILES string of the molecule is C[C@@H](NC(=O)N1CCCC2CN(c3c(F)cc4c(=O)c(C(=O)O)cn(C5CC5)c4c3F)CC21)c1ccccc1. The summed E-state index contributed by atoms with van der Waals surface area (Å²) in [6.07, 6.45) is 4.26. The fourth-order valence-electron chi connectivity index (χ4n) is 6.22. The summed E-state index contributed by atoms with van der Waals surface area (Å²) in [5, 5.41) is 12.3. The molecule has 3 fully saturated rings. The van der Waals surface area contributed by atoms with Crippen molar-refractivity contribution in [2.24, 2.45) is 5.92 Å². The molecule has 2 unspecified atom stereocenters. The summed E-state index contributed by atoms with van der Waals surface area (Å²) >= 11 is 0. The number of nitrogens with one attached hydrogen (secondary N) is 1. The number of pyridine rings is 1. The summed E-state index contributed by atoms with van der Waals surface area (Å²) < 4.78 is 33.1. The summed E-state index contributed by atoms with van der Waals surface area (Å²) in [4.78, 5) is 41.2. The predicted octanol–water partition coefficient (Wildman–Crippen LogP) is 4.68. The van der Waals surface area contributed by atoms with E-state index in [0.29, 0.717) is 13.1 Å². The molecule has 1 saturated carbocycles. The average molecular weight is 537 g/mol. The lowest BCUT2D eigenvalue weighted by Gasteiger charge is -2.37. The largest absolute Gasteiger partial charge is 0.477 e. The van der Waals surface area contributed by atoms with E-state index < -0.39 is 28.6 Å². The van der Waals surface area contributed by atoms with Crippen molar-refractivity contribution in [3.63, 3.8) is 0 Å². The highest BCUT2D eigenvalue weighted by Crippen LogP contribution is 2.41. The lowest BCUT2D eigenvalue weighted by atomic mass is 9.92. The number of rotatable bonds is 5. The van der Waals surface area contributed by atoms with E-state index in [9.17, 15) is 19.5 Å². The number of aromatic carboxylic acids is 1. The predicted molar refractivity (Wildman–Crippen MR) is 142 cm³/mol. The maximum absolute atomic E-state index is 16.2. The number of hydrogen-bond donors (Lipinski definition) is 2. The highest BCUT2D eigenvalue weighted by atomic mass is 19.1. The second-order valence-electron chi connectivity index (χ2n) is 10.9. The van der Waals surface area contributed by atoms with Gasteiger partial charge in [-0.05, 0) is 50.2 Å². The topological polar surface area (TPSA) is 94.9 Å². The number of amides is 2. The summed E-state index contributed by atoms with van der Waals surface area (Å²) in [5.74, 6) is -3.15. The van der Waals surface area contributed by atoms with E-state index in [1.54, 1.807) is 9.80 Å². The molecule has 8 nitrogen and oxygen atoms in total. The van der Waals surface area contributed by atoms with Crippen molar-refractivity contribution in [2.75, 3.05) is 24.5 Å². The van der Waals surface area contributed by atoms with Gasteiger partial charge in [-0.2, -0.15) is 0 Å². The van der Waals surface area contributed by atoms with Gasteiger partial charge in [0.25, 0.3) is 0 Å². The first kappa shape index (κ1) is 25.3. The fraction of sp³-hybridized carbons (Fsp3) is 0.414. The molecule has 3 heterocycles. The van der Waals surface area contributed by atoms with Crippen molar-refractivity contribution in [1.82, 2.24) is 14.8 Å². The second kappa shape index (κ2) is 9.66. The smallest absolute Gasteiger partial charge is 0.341 e. The maximum atomic E-state index is 16.2. The molecule has 2 aromatic carbocycles. The van der Waals surface area contributed by atoms with Crippen LogP contribution in [0.25, 0.3) is 10.9 Å². The number of likely N-dealkylation sites (tertiary alicyclic amines) is 1. The third kappa shape index (κ3) is 4.41. The minimum atomic E-state index is -1.43. The normalized spacial score (nSPS) is 21.6. The Labute approximate surface area is 223 Å². The van der Waals surface area contributed by atoms with Crippen LogP contribution in [-0.4, -0.2) is 52.3 Å². The van der Waals surface area contributed by atoms with Crippen LogP contribution in [0.15, 0.2) is 47.4 Å². The lowest BCUT2D eigenvalue weighted by molar-refractivity contribution is 0.0694. The monoisotopic (exact) mass is 536 g/mol. The molecule has 3 aromatic rings. The second-order valence-corrected chi connectivity index (χ2v) is 10.9. The molecule has 204 valence electrons. The number of anilines is 1. The molecule has 0 bridgehead atoms. The van der Waals surface area contributed by atoms with Gasteiger partial charge in [0.2, 0.25) is 5.43 Å². The first-order chi connectivity index (χ1) is 18.7. The summed E-state index contributed by atoms with van der Waals surface area (Å²) in [6, 6.07) is 9.88. The molecule has 1 aliphatic carbocycles. The fourth-order valence-corrected chi connectivity index (χ4v) is 6.22. The maximum Gasteiger partial charge on any atom is 0.341 e. The van der Waals surface area contributed by atoms with Gasteiger partial charge in [0, 0.05) is 31.9 Å². The molecule has 10 heteroatoms. The Kier molecular flexibility index (Phi) is 6.28. The van der Waals surface area contributed by atoms with E-state index in [0.717, 1.165) is 37.3 Å². The molecule has 1 aromatic heterocycles. The van der Waals surface area contributed by atoms with E-state index in [-0.39, 0.29) is 53.2 Å². The quantitative estimate of drug-likeness (QED) is 0.494. The molecular formula is C29H30F2N4O4. The van der Waals surface area contributed by atoms with E-state index >= 15 is 8.78 Å². The van der Waals surface area contributed by atoms with Crippen molar-refractivity contribution in [2.45, 2.75) is 50.7 Å². The molecule has 2 saturated heterocycles. The van der Waals surface area contributed by atoms with Gasteiger partial charge in [0.1, 0.15) is 17.1 Å². The van der Waals surface area contributed by atoms with Crippen molar-refractivity contribution in [1.29, 1.82) is 0 Å². The van der Waals surface area contributed by atoms with Gasteiger partial charge in [-0.3, -0.25) is 4.79 Å². The molecule has 2 N–H and O–H groups in total. The van der Waals surface area contributed by atoms with Crippen LogP contribution in [0.1, 0.15) is 60.6 Å². The zero-order valence-corrected chi connectivity index (χ0v) is 21.6. The number of urea groups is 1. The van der Waals surface area contributed by atoms with Gasteiger partial charge in [0.15, 0.2) is 5.82 Å². The van der Waals surface area contributed by atoms with Crippen LogP contribution < -0.4 is 15.6 Å². The highest BCUT2D eigenvalue weighted by molar-refractivity contribution is 5.94. The Hall–Kier alpha value is -3.95. The van der Waals surface area contributed by atoms with Crippen LogP contribution >= 0.6 is 0 Å². The summed E-state index contributed by atoms with van der Waals surface area (Å²) in [7, 11) is 0. The number of nitrogens with zero attached hydrogens (tertiary/aromatic N) is 3. The summed E-state index contributed by atoms with van der Waals surface area (Å²) in [6.45, 7) is 3.12. The third-order valence-electron chi connectivity index (χ3n) is 8.35. The number of benzene rings is 2. The molecule has 2 amide bonds. The molecule has 39 heavy (non-hydrogen) atoms. The Morgan fingerprint density at radius 1 is 1.10 bits per heavy atom. The van der Waals surface area contributed by atoms with Crippen LogP contribution in [0.2, 0.25) is 0 Å². The minimum absolute atomic E-state index is 0.0473. The summed E-state index contributed by atoms with van der Waals surface area (Å²) in [5.41, 5.74) is -0.707. The van der Waals surface area contributed by atoms with Crippen LogP contribution in [0.3, 0.4) is 0 Å². The number of carboxylic acid groups (broad SMARTS) is 1. The van der Waals surface area contributed by atoms with Gasteiger partial charge < -0.3 is 24.8 Å². The molecular weight excluding hydrogens is 506 g/mol. The van der Waals surface area contributed by atoms with Crippen molar-refractivity contribution in [3.8, 4) is 0 Å². The van der Waals surface area contributed by atoms with Crippen LogP contribution in [0.4, 0.5) is 19.3 Å². The zero-order chi connectivity index (χ0) is 27.4. The average Bonchev–Trinajstić information content (AvgIpc) is 3.67. The van der Waals surface area contributed by atoms with Gasteiger partial charge in [-0.1, -0.05) is 30.3 Å². The van der Waals surface area contributed by atoms with Gasteiger partial charge >= 0.3 is 12.0 Å². The Morgan fingerprint density at radius 3 is 2.54 bits per heavy atom. The van der Waals surface area contributed by atoms with Gasteiger partial charge in [-0.15, -0.1) is 0 Å². The Balaban J connectivity index is 1.32. The van der Waals surface area contributed by atoms with E-state index in [1.807, 2.05) is 37.3 Å². The number of aromatic nitrogens is 1. The number of hydrogen-bond acceptors (Lipinski definition) is 4. The number of halogens is 2. The van der Waals surface area contributed by atoms with Crippen molar-refractivity contribution >= 4 is 28.6 Å². The van der Waals surface area contributed by atoms with E-state index in [1.165, 1.54) is 10.8 Å². The minimum Gasteiger partial charge on any atom is -0.477 e. The van der Waals surface area contributed by atoms with Crippen molar-refractivity contribution in [3.05, 3.63) is 75.6 Å². The first-order valence-corrected chi connectivity index (χ1v) is 13.4. The van der Waals surface area contributed by atoms with Crippen LogP contribution in [0, 0.1) is 17.6 Å². The molecule has 3 aliphatic rings. The van der Waals surface area contributed by atoms with Crippen LogP contribution in [-0.2, 0) is 0 Å². The molecule has 3 atom stereocenters. The van der Waals surface area contributed by atoms with Gasteiger partial charge in [-0.25, -0.2) is 18.4 Å². The number of carbonyl (C=O) groups excluding carboxylic acids is 1. The first-order valence-electron chi connectivity index (χ1n) is 13.4. The number of piperidine rings is 1. The number of fused-ring (bicyclic) bond motifs is 2. The van der Waals surface area contributed by atoms with E-state index in [2.05, 4.69) is 5.32 Å². The molecule has 2 aliphatic heterocycles. The van der Waals surface area contributed by atoms with Crippen LogP contribution in [0.5, 0.6) is 0 Å². The molecule has 0 radical (unpaired) electrons. The standard InChI is InChI=1S/C29H30F2N4O4/c1-16(17-6-3-2-4-7-17)32-29(39)34-11-5-8-18-13-33(15-23(18)34)26-22(30)12-20-25(24(26)31)35(19-9-10-19)14-21(27(20)36)28(37)38/h2-4,6-7,12,14,16,18-19,23H,5,8-11,13,15H2,1H3,(H,32,39)(H,37,38)/t16-,18?,23?/m1/s1. The van der Waals surface area contributed by atoms with Gasteiger partial charge in [0.05, 0.1) is 23.0 Å². The van der Waals surface area contributed by atoms with E-state index in [4.69, 9.17) is 0 Å². The number of carbonyl (C=O) groups is 2. The van der Waals surface area contributed by atoms with Crippen molar-refractivity contribution < 1.29 is 23.5 Å². The molecule has 6 rings (SSSR count). The molecule has 0 spiro atoms. The zero-order valence-electron chi connectivity index (χ0n) is 21.6. The highest BCUT2D eigenvalue weighted by Gasteiger charge is 2.43. The Morgan fingerprint density at radius 2 is 1.85 bits per heavy atom. The third-order valence-corrected chi connectivity index (χ3v) is 8.35. The Bertz CT molecular complexity index is 1520.